The molecule has 0 fully saturated rings. The SMILES string of the molecule is O=c1c2ncccc2c2ccc(Cl)cc2n1-c1cccnc1. The first-order chi connectivity index (χ1) is 10.8. The zero-order valence-corrected chi connectivity index (χ0v) is 12.2. The van der Waals surface area contributed by atoms with Gasteiger partial charge in [-0.15, -0.1) is 0 Å². The molecule has 0 atom stereocenters. The van der Waals surface area contributed by atoms with E-state index < -0.39 is 0 Å². The first kappa shape index (κ1) is 13.0. The lowest BCUT2D eigenvalue weighted by molar-refractivity contribution is 1.03. The maximum Gasteiger partial charge on any atom is 0.282 e. The second-order valence-electron chi connectivity index (χ2n) is 4.91. The van der Waals surface area contributed by atoms with Crippen LogP contribution in [0.25, 0.3) is 27.5 Å². The number of halogens is 1. The van der Waals surface area contributed by atoms with Crippen molar-refractivity contribution < 1.29 is 0 Å². The molecule has 22 heavy (non-hydrogen) atoms. The number of hydrogen-bond donors (Lipinski definition) is 0. The number of fused-ring (bicyclic) bond motifs is 3. The minimum absolute atomic E-state index is 0.182. The quantitative estimate of drug-likeness (QED) is 0.505. The van der Waals surface area contributed by atoms with E-state index in [-0.39, 0.29) is 5.56 Å². The van der Waals surface area contributed by atoms with Gasteiger partial charge < -0.3 is 0 Å². The predicted molar refractivity (Wildman–Crippen MR) is 87.7 cm³/mol. The molecule has 3 heterocycles. The van der Waals surface area contributed by atoms with Crippen LogP contribution in [-0.2, 0) is 0 Å². The Hall–Kier alpha value is -2.72. The number of hydrogen-bond acceptors (Lipinski definition) is 3. The van der Waals surface area contributed by atoms with Crippen LogP contribution in [0.1, 0.15) is 0 Å². The van der Waals surface area contributed by atoms with Crippen LogP contribution in [0.5, 0.6) is 0 Å². The van der Waals surface area contributed by atoms with E-state index in [1.54, 1.807) is 35.3 Å². The van der Waals surface area contributed by atoms with Gasteiger partial charge in [0.25, 0.3) is 5.56 Å². The van der Waals surface area contributed by atoms with Crippen molar-refractivity contribution in [3.05, 3.63) is 76.4 Å². The highest BCUT2D eigenvalue weighted by Crippen LogP contribution is 2.26. The van der Waals surface area contributed by atoms with Gasteiger partial charge in [0, 0.05) is 28.2 Å². The highest BCUT2D eigenvalue weighted by atomic mass is 35.5. The smallest absolute Gasteiger partial charge is 0.273 e. The van der Waals surface area contributed by atoms with E-state index in [0.29, 0.717) is 16.2 Å². The molecule has 0 N–H and O–H groups in total. The lowest BCUT2D eigenvalue weighted by atomic mass is 10.1. The third-order valence-electron chi connectivity index (χ3n) is 3.61. The maximum absolute atomic E-state index is 12.9. The fourth-order valence-corrected chi connectivity index (χ4v) is 2.83. The summed E-state index contributed by atoms with van der Waals surface area (Å²) in [5.41, 5.74) is 1.68. The van der Waals surface area contributed by atoms with Gasteiger partial charge in [-0.05, 0) is 30.3 Å². The number of nitrogens with zero attached hydrogens (tertiary/aromatic N) is 3. The third kappa shape index (κ3) is 1.89. The molecule has 1 aromatic carbocycles. The summed E-state index contributed by atoms with van der Waals surface area (Å²) in [7, 11) is 0. The van der Waals surface area contributed by atoms with Crippen molar-refractivity contribution >= 4 is 33.4 Å². The third-order valence-corrected chi connectivity index (χ3v) is 3.84. The van der Waals surface area contributed by atoms with Gasteiger partial charge in [0.15, 0.2) is 0 Å². The van der Waals surface area contributed by atoms with Crippen LogP contribution < -0.4 is 5.56 Å². The molecule has 0 aliphatic carbocycles. The number of pyridine rings is 3. The molecule has 0 spiro atoms. The Labute approximate surface area is 130 Å². The Morgan fingerprint density at radius 3 is 2.68 bits per heavy atom. The van der Waals surface area contributed by atoms with Crippen molar-refractivity contribution in [1.29, 1.82) is 0 Å². The number of aromatic nitrogens is 3. The van der Waals surface area contributed by atoms with Gasteiger partial charge in [-0.1, -0.05) is 23.7 Å². The molecule has 0 amide bonds. The summed E-state index contributed by atoms with van der Waals surface area (Å²) in [5, 5.41) is 2.32. The van der Waals surface area contributed by atoms with E-state index in [1.807, 2.05) is 30.3 Å². The van der Waals surface area contributed by atoms with Gasteiger partial charge in [0.2, 0.25) is 0 Å². The Morgan fingerprint density at radius 1 is 1.00 bits per heavy atom. The zero-order chi connectivity index (χ0) is 15.1. The summed E-state index contributed by atoms with van der Waals surface area (Å²) in [4.78, 5) is 21.2. The molecule has 0 aliphatic rings. The average Bonchev–Trinajstić information content (AvgIpc) is 2.56. The van der Waals surface area contributed by atoms with E-state index >= 15 is 0 Å². The van der Waals surface area contributed by atoms with E-state index in [2.05, 4.69) is 9.97 Å². The minimum Gasteiger partial charge on any atom is -0.273 e. The van der Waals surface area contributed by atoms with E-state index in [1.165, 1.54) is 0 Å². The van der Waals surface area contributed by atoms with Crippen molar-refractivity contribution in [2.45, 2.75) is 0 Å². The second-order valence-corrected chi connectivity index (χ2v) is 5.35. The van der Waals surface area contributed by atoms with Gasteiger partial charge in [-0.3, -0.25) is 19.3 Å². The standard InChI is InChI=1S/C17H10ClN3O/c18-11-5-6-13-14-4-2-8-20-16(14)17(22)21(15(13)9-11)12-3-1-7-19-10-12/h1-10H. The molecule has 0 saturated carbocycles. The average molecular weight is 308 g/mol. The number of benzene rings is 1. The first-order valence-corrected chi connectivity index (χ1v) is 7.13. The minimum atomic E-state index is -0.182. The summed E-state index contributed by atoms with van der Waals surface area (Å²) in [6.45, 7) is 0. The fraction of sp³-hybridized carbons (Fsp3) is 0. The van der Waals surface area contributed by atoms with Crippen molar-refractivity contribution in [1.82, 2.24) is 14.5 Å². The van der Waals surface area contributed by atoms with Gasteiger partial charge in [-0.25, -0.2) is 0 Å². The van der Waals surface area contributed by atoms with Crippen LogP contribution in [0.15, 0.2) is 65.8 Å². The number of rotatable bonds is 1. The lowest BCUT2D eigenvalue weighted by Crippen LogP contribution is -2.20. The van der Waals surface area contributed by atoms with Crippen molar-refractivity contribution in [3.63, 3.8) is 0 Å². The molecule has 5 heteroatoms. The Bertz CT molecular complexity index is 1060. The normalized spacial score (nSPS) is 11.1. The zero-order valence-electron chi connectivity index (χ0n) is 11.4. The van der Waals surface area contributed by atoms with Crippen LogP contribution in [0, 0.1) is 0 Å². The first-order valence-electron chi connectivity index (χ1n) is 6.75. The van der Waals surface area contributed by atoms with E-state index in [0.717, 1.165) is 16.3 Å². The highest BCUT2D eigenvalue weighted by Gasteiger charge is 2.13. The molecule has 3 aromatic heterocycles. The summed E-state index contributed by atoms with van der Waals surface area (Å²) in [6, 6.07) is 12.9. The summed E-state index contributed by atoms with van der Waals surface area (Å²) < 4.78 is 1.60. The summed E-state index contributed by atoms with van der Waals surface area (Å²) in [5.74, 6) is 0. The largest absolute Gasteiger partial charge is 0.282 e. The predicted octanol–water partition coefficient (Wildman–Crippen LogP) is 3.59. The molecule has 106 valence electrons. The van der Waals surface area contributed by atoms with E-state index in [9.17, 15) is 4.79 Å². The molecule has 0 unspecified atom stereocenters. The molecule has 4 rings (SSSR count). The Balaban J connectivity index is 2.29. The fourth-order valence-electron chi connectivity index (χ4n) is 2.67. The molecule has 0 bridgehead atoms. The van der Waals surface area contributed by atoms with Gasteiger partial charge in [0.1, 0.15) is 5.52 Å². The van der Waals surface area contributed by atoms with Crippen LogP contribution in [0.3, 0.4) is 0 Å². The topological polar surface area (TPSA) is 47.8 Å². The monoisotopic (exact) mass is 307 g/mol. The molecule has 4 aromatic rings. The van der Waals surface area contributed by atoms with Gasteiger partial charge in [0.05, 0.1) is 17.4 Å². The van der Waals surface area contributed by atoms with Gasteiger partial charge in [-0.2, -0.15) is 0 Å². The molecular weight excluding hydrogens is 298 g/mol. The Morgan fingerprint density at radius 2 is 1.86 bits per heavy atom. The molecule has 0 radical (unpaired) electrons. The van der Waals surface area contributed by atoms with Crippen molar-refractivity contribution in [3.8, 4) is 5.69 Å². The van der Waals surface area contributed by atoms with Crippen LogP contribution in [0.4, 0.5) is 0 Å². The maximum atomic E-state index is 12.9. The molecule has 0 aliphatic heterocycles. The highest BCUT2D eigenvalue weighted by molar-refractivity contribution is 6.31. The second kappa shape index (κ2) is 4.93. The van der Waals surface area contributed by atoms with Crippen LogP contribution in [-0.4, -0.2) is 14.5 Å². The van der Waals surface area contributed by atoms with Crippen LogP contribution >= 0.6 is 11.6 Å². The van der Waals surface area contributed by atoms with Crippen LogP contribution in [0.2, 0.25) is 5.02 Å². The molecular formula is C17H10ClN3O. The summed E-state index contributed by atoms with van der Waals surface area (Å²) >= 11 is 6.14. The van der Waals surface area contributed by atoms with E-state index in [4.69, 9.17) is 11.6 Å². The lowest BCUT2D eigenvalue weighted by Gasteiger charge is -2.12. The summed E-state index contributed by atoms with van der Waals surface area (Å²) in [6.07, 6.45) is 4.94. The molecule has 4 nitrogen and oxygen atoms in total. The van der Waals surface area contributed by atoms with Gasteiger partial charge >= 0.3 is 0 Å². The molecule has 0 saturated heterocycles. The van der Waals surface area contributed by atoms with Crippen molar-refractivity contribution in [2.24, 2.45) is 0 Å². The van der Waals surface area contributed by atoms with Crippen molar-refractivity contribution in [2.75, 3.05) is 0 Å². The Kier molecular flexibility index (Phi) is 2.91.